The molecular formula is C22H18F2N6O. The van der Waals surface area contributed by atoms with Crippen molar-refractivity contribution < 1.29 is 8.78 Å². The maximum atomic E-state index is 14.0. The van der Waals surface area contributed by atoms with Crippen LogP contribution in [-0.4, -0.2) is 21.2 Å². The second-order valence-electron chi connectivity index (χ2n) is 7.26. The second-order valence-corrected chi connectivity index (χ2v) is 7.26. The Morgan fingerprint density at radius 1 is 1.06 bits per heavy atom. The Labute approximate surface area is 175 Å². The fraction of sp³-hybridized carbons (Fsp3) is 0.136. The van der Waals surface area contributed by atoms with Gasteiger partial charge in [0, 0.05) is 5.69 Å². The Morgan fingerprint density at radius 2 is 1.90 bits per heavy atom. The molecule has 1 atom stereocenters. The Bertz CT molecular complexity index is 1370. The third-order valence-corrected chi connectivity index (χ3v) is 5.24. The van der Waals surface area contributed by atoms with Gasteiger partial charge in [0.15, 0.2) is 11.6 Å². The summed E-state index contributed by atoms with van der Waals surface area (Å²) < 4.78 is 29.2. The zero-order valence-electron chi connectivity index (χ0n) is 16.5. The highest BCUT2D eigenvalue weighted by atomic mass is 19.1. The summed E-state index contributed by atoms with van der Waals surface area (Å²) in [7, 11) is 0. The van der Waals surface area contributed by atoms with E-state index in [2.05, 4.69) is 25.9 Å². The van der Waals surface area contributed by atoms with E-state index in [1.54, 1.807) is 18.2 Å². The molecule has 0 fully saturated rings. The van der Waals surface area contributed by atoms with Crippen LogP contribution >= 0.6 is 0 Å². The molecule has 7 nitrogen and oxygen atoms in total. The van der Waals surface area contributed by atoms with E-state index >= 15 is 0 Å². The Hall–Kier alpha value is -4.01. The third kappa shape index (κ3) is 3.33. The number of rotatable bonds is 4. The molecule has 9 heteroatoms. The van der Waals surface area contributed by atoms with E-state index in [-0.39, 0.29) is 5.39 Å². The molecule has 4 aromatic rings. The fourth-order valence-corrected chi connectivity index (χ4v) is 3.79. The van der Waals surface area contributed by atoms with E-state index < -0.39 is 23.2 Å². The first-order valence-corrected chi connectivity index (χ1v) is 9.72. The second kappa shape index (κ2) is 7.35. The van der Waals surface area contributed by atoms with Crippen LogP contribution in [0.3, 0.4) is 0 Å². The maximum absolute atomic E-state index is 14.0. The predicted molar refractivity (Wildman–Crippen MR) is 116 cm³/mol. The van der Waals surface area contributed by atoms with Gasteiger partial charge < -0.3 is 16.0 Å². The van der Waals surface area contributed by atoms with Gasteiger partial charge in [0.2, 0.25) is 0 Å². The summed E-state index contributed by atoms with van der Waals surface area (Å²) in [6.07, 6.45) is 1.44. The smallest absolute Gasteiger partial charge is 0.263 e. The fourth-order valence-electron chi connectivity index (χ4n) is 3.79. The van der Waals surface area contributed by atoms with Crippen LogP contribution in [0.25, 0.3) is 16.5 Å². The first kappa shape index (κ1) is 19.0. The van der Waals surface area contributed by atoms with E-state index in [9.17, 15) is 13.6 Å². The molecule has 2 aromatic heterocycles. The van der Waals surface area contributed by atoms with Gasteiger partial charge in [-0.2, -0.15) is 0 Å². The first-order chi connectivity index (χ1) is 15.0. The third-order valence-electron chi connectivity index (χ3n) is 5.24. The monoisotopic (exact) mass is 420 g/mol. The molecule has 0 unspecified atom stereocenters. The summed E-state index contributed by atoms with van der Waals surface area (Å²) in [4.78, 5) is 21.8. The molecule has 1 aliphatic heterocycles. The highest BCUT2D eigenvalue weighted by Crippen LogP contribution is 2.32. The molecule has 3 heterocycles. The van der Waals surface area contributed by atoms with Gasteiger partial charge in [0.05, 0.1) is 23.8 Å². The van der Waals surface area contributed by atoms with E-state index in [1.165, 1.54) is 41.2 Å². The number of nitrogens with one attached hydrogen (secondary N) is 3. The van der Waals surface area contributed by atoms with Gasteiger partial charge in [0.25, 0.3) is 5.56 Å². The molecular weight excluding hydrogens is 402 g/mol. The van der Waals surface area contributed by atoms with Crippen LogP contribution in [-0.2, 0) is 0 Å². The number of nitrogens with zero attached hydrogens (tertiary/aromatic N) is 3. The van der Waals surface area contributed by atoms with Crippen molar-refractivity contribution >= 4 is 28.1 Å². The molecule has 0 spiro atoms. The molecule has 31 heavy (non-hydrogen) atoms. The molecule has 0 aliphatic carbocycles. The van der Waals surface area contributed by atoms with Gasteiger partial charge in [0.1, 0.15) is 23.6 Å². The molecule has 0 saturated carbocycles. The quantitative estimate of drug-likeness (QED) is 0.462. The highest BCUT2D eigenvalue weighted by molar-refractivity contribution is 5.83. The van der Waals surface area contributed by atoms with Gasteiger partial charge in [-0.15, -0.1) is 0 Å². The number of aromatic nitrogens is 3. The molecule has 0 saturated heterocycles. The Balaban J connectivity index is 1.68. The minimum atomic E-state index is -0.510. The minimum absolute atomic E-state index is 0.217. The van der Waals surface area contributed by atoms with Crippen molar-refractivity contribution in [2.24, 2.45) is 0 Å². The van der Waals surface area contributed by atoms with E-state index in [0.29, 0.717) is 35.1 Å². The van der Waals surface area contributed by atoms with Crippen LogP contribution in [0.1, 0.15) is 18.7 Å². The molecule has 0 radical (unpaired) electrons. The maximum Gasteiger partial charge on any atom is 0.263 e. The minimum Gasteiger partial charge on any atom is -0.362 e. The lowest BCUT2D eigenvalue weighted by Crippen LogP contribution is -2.26. The van der Waals surface area contributed by atoms with Crippen LogP contribution < -0.4 is 21.5 Å². The molecule has 3 N–H and O–H groups in total. The van der Waals surface area contributed by atoms with Crippen molar-refractivity contribution in [3.8, 4) is 5.69 Å². The summed E-state index contributed by atoms with van der Waals surface area (Å²) in [6.45, 7) is 2.41. The standard InChI is InChI=1S/C22H18F2N6O/c1-12(29-21-19-20(26-10-25-19)27-11-28-21)18-7-13-5-6-15(24)9-17(13)22(31)30(18)16-4-2-3-14(23)8-16/h2-9,11-12,25H,10H2,1H3,(H2,26,27,28,29)/t12-/m0/s1. The molecule has 2 aromatic carbocycles. The van der Waals surface area contributed by atoms with Crippen molar-refractivity contribution in [2.45, 2.75) is 13.0 Å². The van der Waals surface area contributed by atoms with Crippen molar-refractivity contribution in [1.29, 1.82) is 0 Å². The molecule has 0 bridgehead atoms. The summed E-state index contributed by atoms with van der Waals surface area (Å²) in [5.41, 5.74) is 1.23. The van der Waals surface area contributed by atoms with Crippen LogP contribution in [0, 0.1) is 11.6 Å². The number of anilines is 3. The van der Waals surface area contributed by atoms with Crippen molar-refractivity contribution in [3.05, 3.63) is 82.5 Å². The SMILES string of the molecule is C[C@H](Nc1ncnc2c1NCN2)c1cc2ccc(F)cc2c(=O)n1-c1cccc(F)c1. The number of hydrogen-bond acceptors (Lipinski definition) is 6. The topological polar surface area (TPSA) is 83.9 Å². The first-order valence-electron chi connectivity index (χ1n) is 9.72. The van der Waals surface area contributed by atoms with Crippen LogP contribution in [0.4, 0.5) is 26.1 Å². The molecule has 5 rings (SSSR count). The van der Waals surface area contributed by atoms with Crippen LogP contribution in [0.2, 0.25) is 0 Å². The summed E-state index contributed by atoms with van der Waals surface area (Å²) in [5, 5.41) is 10.4. The van der Waals surface area contributed by atoms with Crippen molar-refractivity contribution in [1.82, 2.24) is 14.5 Å². The van der Waals surface area contributed by atoms with Gasteiger partial charge in [-0.3, -0.25) is 9.36 Å². The van der Waals surface area contributed by atoms with Crippen LogP contribution in [0.15, 0.2) is 59.7 Å². The number of hydrogen-bond donors (Lipinski definition) is 3. The largest absolute Gasteiger partial charge is 0.362 e. The Morgan fingerprint density at radius 3 is 2.74 bits per heavy atom. The van der Waals surface area contributed by atoms with Gasteiger partial charge in [-0.05, 0) is 48.7 Å². The number of benzene rings is 2. The summed E-state index contributed by atoms with van der Waals surface area (Å²) in [6, 6.07) is 11.2. The van der Waals surface area contributed by atoms with Crippen LogP contribution in [0.5, 0.6) is 0 Å². The summed E-state index contributed by atoms with van der Waals surface area (Å²) in [5.74, 6) is 0.268. The lowest BCUT2D eigenvalue weighted by molar-refractivity contribution is 0.625. The lowest BCUT2D eigenvalue weighted by Gasteiger charge is -2.22. The van der Waals surface area contributed by atoms with E-state index in [0.717, 1.165) is 5.69 Å². The van der Waals surface area contributed by atoms with E-state index in [4.69, 9.17) is 0 Å². The summed E-state index contributed by atoms with van der Waals surface area (Å²) >= 11 is 0. The number of halogens is 2. The lowest BCUT2D eigenvalue weighted by atomic mass is 10.1. The number of fused-ring (bicyclic) bond motifs is 2. The number of pyridine rings is 1. The van der Waals surface area contributed by atoms with Crippen molar-refractivity contribution in [3.63, 3.8) is 0 Å². The van der Waals surface area contributed by atoms with Gasteiger partial charge >= 0.3 is 0 Å². The molecule has 1 aliphatic rings. The highest BCUT2D eigenvalue weighted by Gasteiger charge is 2.21. The zero-order chi connectivity index (χ0) is 21.5. The van der Waals surface area contributed by atoms with Gasteiger partial charge in [-0.25, -0.2) is 18.7 Å². The zero-order valence-corrected chi connectivity index (χ0v) is 16.5. The predicted octanol–water partition coefficient (Wildman–Crippen LogP) is 4.03. The van der Waals surface area contributed by atoms with E-state index in [1.807, 2.05) is 6.92 Å². The average molecular weight is 420 g/mol. The van der Waals surface area contributed by atoms with Crippen molar-refractivity contribution in [2.75, 3.05) is 22.6 Å². The molecule has 0 amide bonds. The average Bonchev–Trinajstić information content (AvgIpc) is 3.24. The normalized spacial score (nSPS) is 13.4. The Kier molecular flexibility index (Phi) is 4.50. The molecule has 156 valence electrons. The van der Waals surface area contributed by atoms with Gasteiger partial charge in [-0.1, -0.05) is 12.1 Å².